The van der Waals surface area contributed by atoms with E-state index in [2.05, 4.69) is 5.10 Å². The highest BCUT2D eigenvalue weighted by Crippen LogP contribution is 2.26. The fraction of sp³-hybridized carbons (Fsp3) is 0.267. The van der Waals surface area contributed by atoms with Crippen LogP contribution in [0, 0.1) is 0 Å². The first-order chi connectivity index (χ1) is 10.9. The highest BCUT2D eigenvalue weighted by Gasteiger charge is 2.29. The maximum Gasteiger partial charge on any atom is 0.356 e. The molecule has 3 rings (SSSR count). The third-order valence-corrected chi connectivity index (χ3v) is 4.45. The summed E-state index contributed by atoms with van der Waals surface area (Å²) in [6, 6.07) is 4.73. The van der Waals surface area contributed by atoms with Crippen LogP contribution in [0.3, 0.4) is 0 Å². The molecule has 1 N–H and O–H groups in total. The van der Waals surface area contributed by atoms with Crippen molar-refractivity contribution in [2.75, 3.05) is 6.54 Å². The van der Waals surface area contributed by atoms with Crippen LogP contribution in [0.4, 0.5) is 0 Å². The Morgan fingerprint density at radius 2 is 2.04 bits per heavy atom. The quantitative estimate of drug-likeness (QED) is 0.900. The van der Waals surface area contributed by atoms with E-state index in [0.717, 1.165) is 5.69 Å². The predicted octanol–water partition coefficient (Wildman–Crippen LogP) is 2.62. The van der Waals surface area contributed by atoms with Gasteiger partial charge in [0.2, 0.25) is 0 Å². The number of hydrogen-bond acceptors (Lipinski definition) is 3. The van der Waals surface area contributed by atoms with E-state index in [1.54, 1.807) is 24.1 Å². The summed E-state index contributed by atoms with van der Waals surface area (Å²) < 4.78 is 1.52. The Labute approximate surface area is 142 Å². The van der Waals surface area contributed by atoms with Crippen LogP contribution < -0.4 is 0 Å². The maximum atomic E-state index is 12.6. The van der Waals surface area contributed by atoms with Crippen molar-refractivity contribution >= 4 is 35.1 Å². The maximum absolute atomic E-state index is 12.6. The molecule has 0 atom stereocenters. The topological polar surface area (TPSA) is 75.4 Å². The van der Waals surface area contributed by atoms with Gasteiger partial charge >= 0.3 is 5.97 Å². The van der Waals surface area contributed by atoms with Crippen molar-refractivity contribution in [2.45, 2.75) is 13.0 Å². The van der Waals surface area contributed by atoms with Gasteiger partial charge in [0.15, 0.2) is 5.69 Å². The summed E-state index contributed by atoms with van der Waals surface area (Å²) in [6.45, 7) is 0.709. The number of fused-ring (bicyclic) bond motifs is 1. The number of halogens is 2. The van der Waals surface area contributed by atoms with E-state index in [1.807, 2.05) is 0 Å². The van der Waals surface area contributed by atoms with Gasteiger partial charge in [-0.15, -0.1) is 0 Å². The lowest BCUT2D eigenvalue weighted by atomic mass is 10.0. The van der Waals surface area contributed by atoms with Crippen LogP contribution in [0.1, 0.15) is 32.1 Å². The molecule has 0 spiro atoms. The van der Waals surface area contributed by atoms with E-state index in [4.69, 9.17) is 23.2 Å². The molecule has 1 aliphatic heterocycles. The van der Waals surface area contributed by atoms with E-state index in [9.17, 15) is 14.7 Å². The molecule has 8 heteroatoms. The predicted molar refractivity (Wildman–Crippen MR) is 85.1 cm³/mol. The third kappa shape index (κ3) is 2.80. The van der Waals surface area contributed by atoms with Gasteiger partial charge in [0, 0.05) is 24.2 Å². The highest BCUT2D eigenvalue weighted by molar-refractivity contribution is 6.36. The number of carbonyl (C=O) groups excluding carboxylic acids is 1. The number of rotatable bonds is 2. The van der Waals surface area contributed by atoms with E-state index >= 15 is 0 Å². The molecule has 1 aromatic carbocycles. The molecular weight excluding hydrogens is 341 g/mol. The molecule has 1 aliphatic rings. The van der Waals surface area contributed by atoms with Gasteiger partial charge in [-0.25, -0.2) is 4.79 Å². The molecule has 120 valence electrons. The number of benzene rings is 1. The van der Waals surface area contributed by atoms with Crippen LogP contribution >= 0.6 is 23.2 Å². The number of aromatic nitrogens is 2. The van der Waals surface area contributed by atoms with Crippen molar-refractivity contribution in [1.82, 2.24) is 14.7 Å². The number of carboxylic acid groups (broad SMARTS) is 1. The zero-order valence-electron chi connectivity index (χ0n) is 12.2. The second-order valence-electron chi connectivity index (χ2n) is 5.30. The van der Waals surface area contributed by atoms with Crippen molar-refractivity contribution in [3.63, 3.8) is 0 Å². The minimum Gasteiger partial charge on any atom is -0.476 e. The van der Waals surface area contributed by atoms with Gasteiger partial charge in [0.25, 0.3) is 5.91 Å². The summed E-state index contributed by atoms with van der Waals surface area (Å²) in [7, 11) is 1.68. The Kier molecular flexibility index (Phi) is 4.04. The van der Waals surface area contributed by atoms with E-state index in [1.165, 1.54) is 10.7 Å². The van der Waals surface area contributed by atoms with Crippen LogP contribution in [-0.2, 0) is 20.0 Å². The number of aromatic carboxylic acids is 1. The van der Waals surface area contributed by atoms with E-state index in [0.29, 0.717) is 40.7 Å². The molecule has 0 unspecified atom stereocenters. The lowest BCUT2D eigenvalue weighted by molar-refractivity contribution is 0.0688. The van der Waals surface area contributed by atoms with Gasteiger partial charge in [-0.2, -0.15) is 5.10 Å². The molecular formula is C15H13Cl2N3O3. The first kappa shape index (κ1) is 15.8. The van der Waals surface area contributed by atoms with Crippen LogP contribution in [0.15, 0.2) is 18.2 Å². The summed E-state index contributed by atoms with van der Waals surface area (Å²) in [5, 5.41) is 14.0. The van der Waals surface area contributed by atoms with Gasteiger partial charge < -0.3 is 10.0 Å². The van der Waals surface area contributed by atoms with Crippen molar-refractivity contribution in [2.24, 2.45) is 7.05 Å². The number of hydrogen-bond donors (Lipinski definition) is 1. The van der Waals surface area contributed by atoms with Crippen molar-refractivity contribution in [3.05, 3.63) is 50.8 Å². The summed E-state index contributed by atoms with van der Waals surface area (Å²) in [5.74, 6) is -1.27. The van der Waals surface area contributed by atoms with Crippen LogP contribution in [0.5, 0.6) is 0 Å². The molecule has 2 aromatic rings. The fourth-order valence-electron chi connectivity index (χ4n) is 2.75. The average Bonchev–Trinajstić information content (AvgIpc) is 2.83. The molecule has 2 heterocycles. The standard InChI is InChI=1S/C15H13Cl2N3O3/c1-19-12-7-20(5-4-10(12)13(18-19)15(22)23)14(21)9-3-2-8(16)6-11(9)17/h2-3,6H,4-5,7H2,1H3,(H,22,23). The van der Waals surface area contributed by atoms with Crippen molar-refractivity contribution in [1.29, 1.82) is 0 Å². The summed E-state index contributed by atoms with van der Waals surface area (Å²) >= 11 is 11.9. The number of amides is 1. The Bertz CT molecular complexity index is 817. The van der Waals surface area contributed by atoms with Gasteiger partial charge in [-0.3, -0.25) is 9.48 Å². The number of carbonyl (C=O) groups is 2. The molecule has 0 saturated carbocycles. The van der Waals surface area contributed by atoms with Crippen LogP contribution in [0.25, 0.3) is 0 Å². The lowest BCUT2D eigenvalue weighted by Gasteiger charge is -2.28. The SMILES string of the molecule is Cn1nc(C(=O)O)c2c1CN(C(=O)c1ccc(Cl)cc1Cl)CC2. The zero-order valence-corrected chi connectivity index (χ0v) is 13.7. The largest absolute Gasteiger partial charge is 0.476 e. The normalized spacial score (nSPS) is 13.8. The van der Waals surface area contributed by atoms with Gasteiger partial charge in [0.1, 0.15) is 0 Å². The smallest absolute Gasteiger partial charge is 0.356 e. The zero-order chi connectivity index (χ0) is 16.7. The van der Waals surface area contributed by atoms with Gasteiger partial charge in [-0.05, 0) is 24.6 Å². The molecule has 0 saturated heterocycles. The lowest BCUT2D eigenvalue weighted by Crippen LogP contribution is -2.37. The minimum atomic E-state index is -1.05. The summed E-state index contributed by atoms with van der Waals surface area (Å²) in [4.78, 5) is 25.5. The molecule has 6 nitrogen and oxygen atoms in total. The molecule has 1 amide bonds. The number of nitrogens with zero attached hydrogens (tertiary/aromatic N) is 3. The first-order valence-electron chi connectivity index (χ1n) is 6.91. The molecule has 0 aliphatic carbocycles. The summed E-state index contributed by atoms with van der Waals surface area (Å²) in [6.07, 6.45) is 0.446. The second kappa shape index (κ2) is 5.86. The van der Waals surface area contributed by atoms with Crippen molar-refractivity contribution < 1.29 is 14.7 Å². The number of aryl methyl sites for hydroxylation is 1. The van der Waals surface area contributed by atoms with E-state index in [-0.39, 0.29) is 11.6 Å². The second-order valence-corrected chi connectivity index (χ2v) is 6.15. The summed E-state index contributed by atoms with van der Waals surface area (Å²) in [5.41, 5.74) is 1.85. The van der Waals surface area contributed by atoms with Crippen molar-refractivity contribution in [3.8, 4) is 0 Å². The Hall–Kier alpha value is -2.05. The first-order valence-corrected chi connectivity index (χ1v) is 7.66. The Balaban J connectivity index is 1.90. The highest BCUT2D eigenvalue weighted by atomic mass is 35.5. The molecule has 1 aromatic heterocycles. The monoisotopic (exact) mass is 353 g/mol. The Morgan fingerprint density at radius 1 is 1.30 bits per heavy atom. The molecule has 0 fully saturated rings. The Morgan fingerprint density at radius 3 is 2.70 bits per heavy atom. The third-order valence-electron chi connectivity index (χ3n) is 3.90. The average molecular weight is 354 g/mol. The molecule has 0 bridgehead atoms. The van der Waals surface area contributed by atoms with Crippen LogP contribution in [-0.4, -0.2) is 38.2 Å². The van der Waals surface area contributed by atoms with Crippen LogP contribution in [0.2, 0.25) is 10.0 Å². The minimum absolute atomic E-state index is 0.0547. The molecule has 23 heavy (non-hydrogen) atoms. The fourth-order valence-corrected chi connectivity index (χ4v) is 3.24. The molecule has 0 radical (unpaired) electrons. The van der Waals surface area contributed by atoms with E-state index < -0.39 is 5.97 Å². The number of carboxylic acids is 1. The van der Waals surface area contributed by atoms with Gasteiger partial charge in [-0.1, -0.05) is 23.2 Å². The van der Waals surface area contributed by atoms with Gasteiger partial charge in [0.05, 0.1) is 22.8 Å².